The van der Waals surface area contributed by atoms with Gasteiger partial charge in [-0.25, -0.2) is 4.98 Å². The molecule has 0 fully saturated rings. The second-order valence-electron chi connectivity index (χ2n) is 5.02. The van der Waals surface area contributed by atoms with Gasteiger partial charge in [-0.15, -0.1) is 0 Å². The molecular weight excluding hydrogens is 210 g/mol. The van der Waals surface area contributed by atoms with E-state index in [9.17, 15) is 0 Å². The topological polar surface area (TPSA) is 43.8 Å². The van der Waals surface area contributed by atoms with Crippen LogP contribution in [0.25, 0.3) is 11.0 Å². The lowest BCUT2D eigenvalue weighted by molar-refractivity contribution is 0.517. The maximum Gasteiger partial charge on any atom is 0.106 e. The summed E-state index contributed by atoms with van der Waals surface area (Å²) in [7, 11) is 0. The van der Waals surface area contributed by atoms with E-state index in [0.717, 1.165) is 29.4 Å². The van der Waals surface area contributed by atoms with E-state index in [0.29, 0.717) is 6.54 Å². The predicted molar refractivity (Wildman–Crippen MR) is 71.8 cm³/mol. The summed E-state index contributed by atoms with van der Waals surface area (Å²) in [5, 5.41) is 0. The Bertz CT molecular complexity index is 511. The van der Waals surface area contributed by atoms with Crippen LogP contribution in [-0.2, 0) is 13.1 Å². The Hall–Kier alpha value is -1.35. The van der Waals surface area contributed by atoms with Crippen LogP contribution in [0, 0.1) is 12.8 Å². The highest BCUT2D eigenvalue weighted by Gasteiger charge is 2.08. The Morgan fingerprint density at radius 1 is 1.35 bits per heavy atom. The molecule has 0 aliphatic heterocycles. The Morgan fingerprint density at radius 3 is 2.76 bits per heavy atom. The van der Waals surface area contributed by atoms with Gasteiger partial charge < -0.3 is 10.3 Å². The van der Waals surface area contributed by atoms with Gasteiger partial charge in [-0.2, -0.15) is 0 Å². The standard InChI is InChI=1S/C14H21N3/c1-10(2)6-7-17-11(3)16-13-8-12(9-15)4-5-14(13)17/h4-5,8,10H,6-7,9,15H2,1-3H3. The average Bonchev–Trinajstić information content (AvgIpc) is 2.60. The molecule has 0 aliphatic carbocycles. The summed E-state index contributed by atoms with van der Waals surface area (Å²) in [6, 6.07) is 6.32. The summed E-state index contributed by atoms with van der Waals surface area (Å²) < 4.78 is 2.30. The van der Waals surface area contributed by atoms with Gasteiger partial charge in [-0.1, -0.05) is 19.9 Å². The van der Waals surface area contributed by atoms with Gasteiger partial charge >= 0.3 is 0 Å². The first-order valence-electron chi connectivity index (χ1n) is 6.27. The first kappa shape index (κ1) is 12.1. The van der Waals surface area contributed by atoms with E-state index in [1.165, 1.54) is 11.9 Å². The minimum Gasteiger partial charge on any atom is -0.328 e. The SMILES string of the molecule is Cc1nc2cc(CN)ccc2n1CCC(C)C. The van der Waals surface area contributed by atoms with E-state index in [-0.39, 0.29) is 0 Å². The minimum atomic E-state index is 0.577. The van der Waals surface area contributed by atoms with Crippen molar-refractivity contribution in [2.24, 2.45) is 11.7 Å². The average molecular weight is 231 g/mol. The van der Waals surface area contributed by atoms with Gasteiger partial charge in [0.05, 0.1) is 11.0 Å². The fourth-order valence-corrected chi connectivity index (χ4v) is 2.09. The van der Waals surface area contributed by atoms with Crippen LogP contribution in [0.2, 0.25) is 0 Å². The molecule has 1 aromatic carbocycles. The van der Waals surface area contributed by atoms with E-state index in [1.54, 1.807) is 0 Å². The third kappa shape index (κ3) is 2.50. The van der Waals surface area contributed by atoms with Crippen molar-refractivity contribution in [3.8, 4) is 0 Å². The summed E-state index contributed by atoms with van der Waals surface area (Å²) in [6.45, 7) is 8.19. The lowest BCUT2D eigenvalue weighted by Crippen LogP contribution is -2.03. The Morgan fingerprint density at radius 2 is 2.12 bits per heavy atom. The molecule has 0 spiro atoms. The van der Waals surface area contributed by atoms with Crippen LogP contribution in [0.1, 0.15) is 31.7 Å². The van der Waals surface area contributed by atoms with Crippen molar-refractivity contribution >= 4 is 11.0 Å². The minimum absolute atomic E-state index is 0.577. The lowest BCUT2D eigenvalue weighted by Gasteiger charge is -2.09. The Labute approximate surface area is 103 Å². The highest BCUT2D eigenvalue weighted by atomic mass is 15.1. The Kier molecular flexibility index (Phi) is 3.48. The van der Waals surface area contributed by atoms with Crippen LogP contribution in [0.5, 0.6) is 0 Å². The summed E-state index contributed by atoms with van der Waals surface area (Å²) in [5.41, 5.74) is 9.08. The van der Waals surface area contributed by atoms with Gasteiger partial charge in [-0.3, -0.25) is 0 Å². The monoisotopic (exact) mass is 231 g/mol. The van der Waals surface area contributed by atoms with Crippen molar-refractivity contribution in [1.29, 1.82) is 0 Å². The summed E-state index contributed by atoms with van der Waals surface area (Å²) >= 11 is 0. The first-order chi connectivity index (χ1) is 8.11. The molecule has 1 aromatic heterocycles. The van der Waals surface area contributed by atoms with Gasteiger partial charge in [0.2, 0.25) is 0 Å². The first-order valence-corrected chi connectivity index (χ1v) is 6.27. The van der Waals surface area contributed by atoms with Gasteiger partial charge in [0.25, 0.3) is 0 Å². The number of aryl methyl sites for hydroxylation is 2. The van der Waals surface area contributed by atoms with Crippen LogP contribution in [0.4, 0.5) is 0 Å². The van der Waals surface area contributed by atoms with Gasteiger partial charge in [-0.05, 0) is 37.0 Å². The van der Waals surface area contributed by atoms with Gasteiger partial charge in [0, 0.05) is 13.1 Å². The van der Waals surface area contributed by atoms with Gasteiger partial charge in [0.15, 0.2) is 0 Å². The molecule has 3 nitrogen and oxygen atoms in total. The molecule has 92 valence electrons. The number of imidazole rings is 1. The number of benzene rings is 1. The maximum absolute atomic E-state index is 5.65. The van der Waals surface area contributed by atoms with E-state index in [1.807, 2.05) is 0 Å². The van der Waals surface area contributed by atoms with Crippen LogP contribution < -0.4 is 5.73 Å². The van der Waals surface area contributed by atoms with E-state index in [4.69, 9.17) is 5.73 Å². The molecule has 0 amide bonds. The highest BCUT2D eigenvalue weighted by Crippen LogP contribution is 2.19. The fraction of sp³-hybridized carbons (Fsp3) is 0.500. The third-order valence-electron chi connectivity index (χ3n) is 3.17. The summed E-state index contributed by atoms with van der Waals surface area (Å²) in [6.07, 6.45) is 1.19. The van der Waals surface area contributed by atoms with Crippen molar-refractivity contribution in [3.05, 3.63) is 29.6 Å². The van der Waals surface area contributed by atoms with E-state index >= 15 is 0 Å². The number of aromatic nitrogens is 2. The quantitative estimate of drug-likeness (QED) is 0.879. The van der Waals surface area contributed by atoms with Crippen molar-refractivity contribution in [1.82, 2.24) is 9.55 Å². The number of nitrogens with two attached hydrogens (primary N) is 1. The largest absolute Gasteiger partial charge is 0.328 e. The molecule has 2 aromatic rings. The van der Waals surface area contributed by atoms with Crippen molar-refractivity contribution in [2.45, 2.75) is 40.3 Å². The number of hydrogen-bond donors (Lipinski definition) is 1. The van der Waals surface area contributed by atoms with Crippen LogP contribution >= 0.6 is 0 Å². The maximum atomic E-state index is 5.65. The lowest BCUT2D eigenvalue weighted by atomic mass is 10.1. The summed E-state index contributed by atoms with van der Waals surface area (Å²) in [5.74, 6) is 1.81. The molecule has 0 unspecified atom stereocenters. The number of nitrogens with zero attached hydrogens (tertiary/aromatic N) is 2. The van der Waals surface area contributed by atoms with Crippen molar-refractivity contribution in [3.63, 3.8) is 0 Å². The normalized spacial score (nSPS) is 11.6. The van der Waals surface area contributed by atoms with E-state index in [2.05, 4.69) is 48.5 Å². The second-order valence-corrected chi connectivity index (χ2v) is 5.02. The molecule has 0 saturated heterocycles. The molecule has 1 heterocycles. The zero-order valence-electron chi connectivity index (χ0n) is 10.9. The summed E-state index contributed by atoms with van der Waals surface area (Å²) in [4.78, 5) is 4.61. The molecule has 0 radical (unpaired) electrons. The van der Waals surface area contributed by atoms with Gasteiger partial charge in [0.1, 0.15) is 5.82 Å². The van der Waals surface area contributed by atoms with E-state index < -0.39 is 0 Å². The van der Waals surface area contributed by atoms with Crippen LogP contribution in [0.15, 0.2) is 18.2 Å². The fourth-order valence-electron chi connectivity index (χ4n) is 2.09. The smallest absolute Gasteiger partial charge is 0.106 e. The molecule has 0 saturated carbocycles. The Balaban J connectivity index is 2.38. The predicted octanol–water partition coefficient (Wildman–Crippen LogP) is 2.85. The molecule has 0 aliphatic rings. The van der Waals surface area contributed by atoms with Crippen molar-refractivity contribution < 1.29 is 0 Å². The molecule has 0 bridgehead atoms. The highest BCUT2D eigenvalue weighted by molar-refractivity contribution is 5.76. The second kappa shape index (κ2) is 4.88. The van der Waals surface area contributed by atoms with Crippen LogP contribution in [-0.4, -0.2) is 9.55 Å². The molecule has 17 heavy (non-hydrogen) atoms. The van der Waals surface area contributed by atoms with Crippen molar-refractivity contribution in [2.75, 3.05) is 0 Å². The van der Waals surface area contributed by atoms with Crippen LogP contribution in [0.3, 0.4) is 0 Å². The number of hydrogen-bond acceptors (Lipinski definition) is 2. The molecule has 3 heteroatoms. The molecule has 2 N–H and O–H groups in total. The molecule has 0 atom stereocenters. The number of rotatable bonds is 4. The zero-order valence-corrected chi connectivity index (χ0v) is 10.9. The number of fused-ring (bicyclic) bond motifs is 1. The molecule has 2 rings (SSSR count). The molecular formula is C14H21N3. The third-order valence-corrected chi connectivity index (χ3v) is 3.17. The zero-order chi connectivity index (χ0) is 12.4.